The van der Waals surface area contributed by atoms with Gasteiger partial charge in [-0.25, -0.2) is 0 Å². The molecule has 0 aromatic heterocycles. The summed E-state index contributed by atoms with van der Waals surface area (Å²) in [6, 6.07) is 8.14. The van der Waals surface area contributed by atoms with E-state index in [4.69, 9.17) is 19.9 Å². The number of aliphatic hydroxyl groups is 1. The van der Waals surface area contributed by atoms with Crippen molar-refractivity contribution >= 4 is 17.7 Å². The van der Waals surface area contributed by atoms with Crippen molar-refractivity contribution in [2.24, 2.45) is 5.73 Å². The molecule has 0 spiro atoms. The van der Waals surface area contributed by atoms with Crippen LogP contribution in [0.1, 0.15) is 12.0 Å². The summed E-state index contributed by atoms with van der Waals surface area (Å²) < 4.78 is 16.7. The number of ether oxygens (including phenoxy) is 3. The number of carbonyl (C=O) groups is 1. The molecule has 2 rings (SSSR count). The molecule has 1 saturated heterocycles. The molecule has 1 aromatic carbocycles. The fourth-order valence-corrected chi connectivity index (χ4v) is 2.55. The first-order chi connectivity index (χ1) is 10.6. The number of esters is 1. The first kappa shape index (κ1) is 17.2. The van der Waals surface area contributed by atoms with Crippen molar-refractivity contribution in [3.63, 3.8) is 0 Å². The maximum absolute atomic E-state index is 12.2. The zero-order chi connectivity index (χ0) is 16.0. The lowest BCUT2D eigenvalue weighted by atomic mass is 10.2. The van der Waals surface area contributed by atoms with Crippen molar-refractivity contribution in [3.8, 4) is 0 Å². The minimum Gasteiger partial charge on any atom is -0.403 e. The molecule has 3 N–H and O–H groups in total. The predicted molar refractivity (Wildman–Crippen MR) is 83.1 cm³/mol. The van der Waals surface area contributed by atoms with Crippen LogP contribution in [0.15, 0.2) is 30.3 Å². The maximum Gasteiger partial charge on any atom is 0.359 e. The molecule has 1 aliphatic rings. The molecular weight excluding hydrogens is 306 g/mol. The second-order valence-electron chi connectivity index (χ2n) is 4.96. The van der Waals surface area contributed by atoms with Gasteiger partial charge in [0.25, 0.3) is 0 Å². The summed E-state index contributed by atoms with van der Waals surface area (Å²) in [5.74, 6) is -1.46. The Morgan fingerprint density at radius 2 is 2.27 bits per heavy atom. The average molecular weight is 327 g/mol. The van der Waals surface area contributed by atoms with E-state index in [2.05, 4.69) is 0 Å². The Morgan fingerprint density at radius 3 is 2.86 bits per heavy atom. The van der Waals surface area contributed by atoms with Crippen LogP contribution in [0, 0.1) is 0 Å². The summed E-state index contributed by atoms with van der Waals surface area (Å²) >= 11 is 1.61. The van der Waals surface area contributed by atoms with E-state index in [9.17, 15) is 9.90 Å². The van der Waals surface area contributed by atoms with E-state index < -0.39 is 24.1 Å². The molecule has 122 valence electrons. The molecule has 1 aliphatic heterocycles. The van der Waals surface area contributed by atoms with Gasteiger partial charge in [-0.05, 0) is 30.6 Å². The zero-order valence-corrected chi connectivity index (χ0v) is 13.3. The topological polar surface area (TPSA) is 91.0 Å². The molecule has 0 bridgehead atoms. The second kappa shape index (κ2) is 7.94. The van der Waals surface area contributed by atoms with Gasteiger partial charge in [-0.3, -0.25) is 4.79 Å². The molecule has 7 heteroatoms. The highest BCUT2D eigenvalue weighted by Gasteiger charge is 2.47. The first-order valence-corrected chi connectivity index (χ1v) is 8.46. The predicted octanol–water partition coefficient (Wildman–Crippen LogP) is 0.828. The van der Waals surface area contributed by atoms with Crippen LogP contribution in [-0.2, 0) is 25.0 Å². The molecule has 1 aromatic rings. The lowest BCUT2D eigenvalue weighted by Crippen LogP contribution is -2.41. The van der Waals surface area contributed by atoms with Crippen LogP contribution in [-0.4, -0.2) is 48.4 Å². The van der Waals surface area contributed by atoms with Crippen LogP contribution in [0.2, 0.25) is 0 Å². The van der Waals surface area contributed by atoms with E-state index in [1.165, 1.54) is 0 Å². The molecule has 0 aliphatic carbocycles. The Kier molecular flexibility index (Phi) is 6.22. The van der Waals surface area contributed by atoms with Gasteiger partial charge >= 0.3 is 11.9 Å². The van der Waals surface area contributed by atoms with Crippen LogP contribution in [0.3, 0.4) is 0 Å². The smallest absolute Gasteiger partial charge is 0.359 e. The summed E-state index contributed by atoms with van der Waals surface area (Å²) in [5, 5.41) is 9.23. The van der Waals surface area contributed by atoms with Gasteiger partial charge in [0.15, 0.2) is 0 Å². The Labute approximate surface area is 133 Å². The van der Waals surface area contributed by atoms with Crippen LogP contribution in [0.5, 0.6) is 0 Å². The summed E-state index contributed by atoms with van der Waals surface area (Å²) in [6.45, 7) is -0.0800. The molecule has 0 amide bonds. The fraction of sp³-hybridized carbons (Fsp3) is 0.533. The SMILES string of the molecule is CSCCC(N)C(=O)OC1(c2ccccc2)OCC(CO)O1. The third kappa shape index (κ3) is 3.99. The lowest BCUT2D eigenvalue weighted by molar-refractivity contribution is -0.332. The maximum atomic E-state index is 12.2. The Morgan fingerprint density at radius 1 is 1.55 bits per heavy atom. The Hall–Kier alpha value is -1.12. The number of hydrogen-bond acceptors (Lipinski definition) is 7. The van der Waals surface area contributed by atoms with Crippen LogP contribution < -0.4 is 5.73 Å². The van der Waals surface area contributed by atoms with Gasteiger partial charge in [-0.15, -0.1) is 0 Å². The van der Waals surface area contributed by atoms with E-state index in [1.54, 1.807) is 36.0 Å². The van der Waals surface area contributed by atoms with E-state index in [1.807, 2.05) is 12.3 Å². The third-order valence-corrected chi connectivity index (χ3v) is 3.93. The molecular formula is C15H21NO5S. The van der Waals surface area contributed by atoms with Crippen LogP contribution in [0.4, 0.5) is 0 Å². The van der Waals surface area contributed by atoms with Crippen LogP contribution >= 0.6 is 11.8 Å². The standard InChI is InChI=1S/C15H21NO5S/c1-22-8-7-13(16)14(18)21-15(11-5-3-2-4-6-11)19-10-12(9-17)20-15/h2-6,12-13,17H,7-10,16H2,1H3. The quantitative estimate of drug-likeness (QED) is 0.717. The molecule has 22 heavy (non-hydrogen) atoms. The number of thioether (sulfide) groups is 1. The minimum atomic E-state index is -1.64. The number of benzene rings is 1. The molecule has 1 fully saturated rings. The summed E-state index contributed by atoms with van der Waals surface area (Å²) in [5.41, 5.74) is 6.39. The highest BCUT2D eigenvalue weighted by atomic mass is 32.2. The molecule has 6 nitrogen and oxygen atoms in total. The van der Waals surface area contributed by atoms with Gasteiger partial charge in [0, 0.05) is 0 Å². The van der Waals surface area contributed by atoms with Crippen LogP contribution in [0.25, 0.3) is 0 Å². The molecule has 3 atom stereocenters. The van der Waals surface area contributed by atoms with Gasteiger partial charge < -0.3 is 25.1 Å². The van der Waals surface area contributed by atoms with Crippen molar-refractivity contribution in [3.05, 3.63) is 35.9 Å². The van der Waals surface area contributed by atoms with Gasteiger partial charge in [0.1, 0.15) is 12.1 Å². The second-order valence-corrected chi connectivity index (χ2v) is 5.95. The Balaban J connectivity index is 2.14. The number of hydrogen-bond donors (Lipinski definition) is 2. The lowest BCUT2D eigenvalue weighted by Gasteiger charge is -2.28. The van der Waals surface area contributed by atoms with Crippen molar-refractivity contribution in [1.29, 1.82) is 0 Å². The number of aliphatic hydroxyl groups excluding tert-OH is 1. The van der Waals surface area contributed by atoms with Crippen molar-refractivity contribution in [1.82, 2.24) is 0 Å². The monoisotopic (exact) mass is 327 g/mol. The van der Waals surface area contributed by atoms with Gasteiger partial charge in [0.2, 0.25) is 0 Å². The zero-order valence-electron chi connectivity index (χ0n) is 12.4. The third-order valence-electron chi connectivity index (χ3n) is 3.28. The highest BCUT2D eigenvalue weighted by molar-refractivity contribution is 7.98. The fourth-order valence-electron chi connectivity index (χ4n) is 2.06. The Bertz CT molecular complexity index is 486. The number of rotatable bonds is 7. The number of carbonyl (C=O) groups excluding carboxylic acids is 1. The molecule has 0 radical (unpaired) electrons. The minimum absolute atomic E-state index is 0.138. The first-order valence-electron chi connectivity index (χ1n) is 7.07. The van der Waals surface area contributed by atoms with Gasteiger partial charge in [-0.2, -0.15) is 11.8 Å². The summed E-state index contributed by atoms with van der Waals surface area (Å²) in [4.78, 5) is 12.2. The van der Waals surface area contributed by atoms with Crippen molar-refractivity contribution in [2.75, 3.05) is 25.2 Å². The van der Waals surface area contributed by atoms with Crippen molar-refractivity contribution < 1.29 is 24.1 Å². The molecule has 3 unspecified atom stereocenters. The largest absolute Gasteiger partial charge is 0.403 e. The van der Waals surface area contributed by atoms with Crippen molar-refractivity contribution in [2.45, 2.75) is 24.5 Å². The van der Waals surface area contributed by atoms with E-state index in [0.717, 1.165) is 5.75 Å². The summed E-state index contributed by atoms with van der Waals surface area (Å²) in [6.07, 6.45) is 1.91. The number of nitrogens with two attached hydrogens (primary N) is 1. The highest BCUT2D eigenvalue weighted by Crippen LogP contribution is 2.35. The molecule has 0 saturated carbocycles. The van der Waals surface area contributed by atoms with E-state index in [0.29, 0.717) is 12.0 Å². The van der Waals surface area contributed by atoms with Gasteiger partial charge in [-0.1, -0.05) is 18.2 Å². The normalized spacial score (nSPS) is 25.9. The van der Waals surface area contributed by atoms with E-state index >= 15 is 0 Å². The molecule has 1 heterocycles. The summed E-state index contributed by atoms with van der Waals surface area (Å²) in [7, 11) is 0. The van der Waals surface area contributed by atoms with E-state index in [-0.39, 0.29) is 13.2 Å². The van der Waals surface area contributed by atoms with Gasteiger partial charge in [0.05, 0.1) is 18.8 Å². The average Bonchev–Trinajstić information content (AvgIpc) is 2.98.